The highest BCUT2D eigenvalue weighted by Crippen LogP contribution is 2.27. The van der Waals surface area contributed by atoms with Gasteiger partial charge in [-0.1, -0.05) is 35.0 Å². The summed E-state index contributed by atoms with van der Waals surface area (Å²) in [6.45, 7) is 0. The van der Waals surface area contributed by atoms with E-state index in [1.165, 1.54) is 6.20 Å². The van der Waals surface area contributed by atoms with Crippen LogP contribution in [0.1, 0.15) is 0 Å². The lowest BCUT2D eigenvalue weighted by molar-refractivity contribution is 0.808. The SMILES string of the molecule is Nc1ncc(Cl)cc1-c1cnnn1-c1ccccc1. The molecule has 0 unspecified atom stereocenters. The minimum atomic E-state index is 0.392. The Hall–Kier alpha value is -2.40. The summed E-state index contributed by atoms with van der Waals surface area (Å²) in [6, 6.07) is 11.4. The molecule has 0 atom stereocenters. The first kappa shape index (κ1) is 11.7. The van der Waals surface area contributed by atoms with Gasteiger partial charge in [-0.2, -0.15) is 0 Å². The second-order valence-electron chi connectivity index (χ2n) is 3.95. The summed E-state index contributed by atoms with van der Waals surface area (Å²) in [5.41, 5.74) is 8.24. The van der Waals surface area contributed by atoms with Crippen LogP contribution in [0.15, 0.2) is 48.8 Å². The summed E-state index contributed by atoms with van der Waals surface area (Å²) in [5, 5.41) is 8.52. The molecule has 3 aromatic rings. The van der Waals surface area contributed by atoms with E-state index in [9.17, 15) is 0 Å². The standard InChI is InChI=1S/C13H10ClN5/c14-9-6-11(13(15)16-7-9)12-8-17-18-19(12)10-4-2-1-3-5-10/h1-8H,(H2,15,16). The zero-order chi connectivity index (χ0) is 13.2. The van der Waals surface area contributed by atoms with E-state index in [2.05, 4.69) is 15.3 Å². The molecule has 3 rings (SSSR count). The number of hydrogen-bond donors (Lipinski definition) is 1. The van der Waals surface area contributed by atoms with Gasteiger partial charge < -0.3 is 5.73 Å². The van der Waals surface area contributed by atoms with Crippen molar-refractivity contribution in [3.8, 4) is 16.9 Å². The molecule has 94 valence electrons. The third-order valence-electron chi connectivity index (χ3n) is 2.71. The first-order valence-corrected chi connectivity index (χ1v) is 6.01. The third-order valence-corrected chi connectivity index (χ3v) is 2.92. The number of hydrogen-bond acceptors (Lipinski definition) is 4. The van der Waals surface area contributed by atoms with E-state index in [0.717, 1.165) is 11.4 Å². The van der Waals surface area contributed by atoms with Crippen molar-refractivity contribution in [2.24, 2.45) is 0 Å². The van der Waals surface area contributed by atoms with Crippen molar-refractivity contribution >= 4 is 17.4 Å². The van der Waals surface area contributed by atoms with E-state index in [1.807, 2.05) is 30.3 Å². The smallest absolute Gasteiger partial charge is 0.132 e. The Balaban J connectivity index is 2.18. The average Bonchev–Trinajstić information content (AvgIpc) is 2.91. The van der Waals surface area contributed by atoms with Crippen molar-refractivity contribution in [2.75, 3.05) is 5.73 Å². The largest absolute Gasteiger partial charge is 0.383 e. The molecule has 0 aliphatic rings. The number of rotatable bonds is 2. The fraction of sp³-hybridized carbons (Fsp3) is 0. The minimum absolute atomic E-state index is 0.392. The monoisotopic (exact) mass is 271 g/mol. The number of para-hydroxylation sites is 1. The normalized spacial score (nSPS) is 10.6. The molecule has 2 N–H and O–H groups in total. The van der Waals surface area contributed by atoms with E-state index < -0.39 is 0 Å². The number of nitrogen functional groups attached to an aromatic ring is 1. The van der Waals surface area contributed by atoms with Gasteiger partial charge in [-0.05, 0) is 18.2 Å². The average molecular weight is 272 g/mol. The van der Waals surface area contributed by atoms with Crippen molar-refractivity contribution in [3.05, 3.63) is 53.8 Å². The number of anilines is 1. The van der Waals surface area contributed by atoms with Crippen LogP contribution in [0.4, 0.5) is 5.82 Å². The van der Waals surface area contributed by atoms with Crippen molar-refractivity contribution in [3.63, 3.8) is 0 Å². The Morgan fingerprint density at radius 2 is 1.89 bits per heavy atom. The molecule has 5 nitrogen and oxygen atoms in total. The van der Waals surface area contributed by atoms with E-state index in [0.29, 0.717) is 16.4 Å². The second-order valence-corrected chi connectivity index (χ2v) is 4.39. The summed E-state index contributed by atoms with van der Waals surface area (Å²) in [4.78, 5) is 4.05. The fourth-order valence-corrected chi connectivity index (χ4v) is 1.99. The molecule has 0 aliphatic heterocycles. The van der Waals surface area contributed by atoms with Gasteiger partial charge in [-0.3, -0.25) is 0 Å². The summed E-state index contributed by atoms with van der Waals surface area (Å²) in [5.74, 6) is 0.392. The van der Waals surface area contributed by atoms with Crippen LogP contribution in [-0.2, 0) is 0 Å². The predicted octanol–water partition coefficient (Wildman–Crippen LogP) is 2.56. The Kier molecular flexibility index (Phi) is 2.89. The van der Waals surface area contributed by atoms with Crippen molar-refractivity contribution in [1.29, 1.82) is 0 Å². The lowest BCUT2D eigenvalue weighted by Crippen LogP contribution is -2.01. The molecule has 19 heavy (non-hydrogen) atoms. The van der Waals surface area contributed by atoms with Gasteiger partial charge in [0.15, 0.2) is 0 Å². The molecular weight excluding hydrogens is 262 g/mol. The molecule has 6 heteroatoms. The van der Waals surface area contributed by atoms with Crippen LogP contribution in [-0.4, -0.2) is 20.0 Å². The summed E-state index contributed by atoms with van der Waals surface area (Å²) < 4.78 is 1.70. The Morgan fingerprint density at radius 3 is 2.68 bits per heavy atom. The second kappa shape index (κ2) is 4.70. The Morgan fingerprint density at radius 1 is 1.11 bits per heavy atom. The van der Waals surface area contributed by atoms with Gasteiger partial charge in [0.1, 0.15) is 5.82 Å². The number of nitrogens with zero attached hydrogens (tertiary/aromatic N) is 4. The number of halogens is 1. The maximum absolute atomic E-state index is 5.96. The van der Waals surface area contributed by atoms with Crippen LogP contribution in [0, 0.1) is 0 Å². The number of nitrogens with two attached hydrogens (primary N) is 1. The topological polar surface area (TPSA) is 69.6 Å². The number of pyridine rings is 1. The van der Waals surface area contributed by atoms with Crippen LogP contribution in [0.25, 0.3) is 16.9 Å². The van der Waals surface area contributed by atoms with Gasteiger partial charge >= 0.3 is 0 Å². The highest BCUT2D eigenvalue weighted by atomic mass is 35.5. The molecule has 2 aromatic heterocycles. The van der Waals surface area contributed by atoms with Gasteiger partial charge in [-0.25, -0.2) is 9.67 Å². The molecule has 0 saturated heterocycles. The van der Waals surface area contributed by atoms with E-state index in [-0.39, 0.29) is 0 Å². The quantitative estimate of drug-likeness (QED) is 0.778. The number of benzene rings is 1. The van der Waals surface area contributed by atoms with Crippen LogP contribution < -0.4 is 5.73 Å². The molecule has 0 spiro atoms. The lowest BCUT2D eigenvalue weighted by Gasteiger charge is -2.08. The van der Waals surface area contributed by atoms with Gasteiger partial charge in [0.05, 0.1) is 22.6 Å². The van der Waals surface area contributed by atoms with Crippen molar-refractivity contribution in [1.82, 2.24) is 20.0 Å². The maximum Gasteiger partial charge on any atom is 0.132 e. The predicted molar refractivity (Wildman–Crippen MR) is 74.0 cm³/mol. The molecule has 0 saturated carbocycles. The van der Waals surface area contributed by atoms with Gasteiger partial charge in [0.25, 0.3) is 0 Å². The lowest BCUT2D eigenvalue weighted by atomic mass is 10.2. The Bertz CT molecular complexity index is 708. The van der Waals surface area contributed by atoms with E-state index >= 15 is 0 Å². The summed E-state index contributed by atoms with van der Waals surface area (Å²) >= 11 is 5.96. The van der Waals surface area contributed by atoms with Crippen LogP contribution in [0.5, 0.6) is 0 Å². The first-order valence-electron chi connectivity index (χ1n) is 5.63. The van der Waals surface area contributed by atoms with E-state index in [4.69, 9.17) is 17.3 Å². The molecule has 0 radical (unpaired) electrons. The first-order chi connectivity index (χ1) is 9.25. The van der Waals surface area contributed by atoms with Crippen LogP contribution in [0.2, 0.25) is 5.02 Å². The molecule has 0 amide bonds. The van der Waals surface area contributed by atoms with Crippen molar-refractivity contribution < 1.29 is 0 Å². The molecular formula is C13H10ClN5. The van der Waals surface area contributed by atoms with Crippen LogP contribution in [0.3, 0.4) is 0 Å². The summed E-state index contributed by atoms with van der Waals surface area (Å²) in [7, 11) is 0. The van der Waals surface area contributed by atoms with Crippen molar-refractivity contribution in [2.45, 2.75) is 0 Å². The highest BCUT2D eigenvalue weighted by molar-refractivity contribution is 6.30. The summed E-state index contributed by atoms with van der Waals surface area (Å²) in [6.07, 6.45) is 3.15. The molecule has 0 fully saturated rings. The molecule has 1 aromatic carbocycles. The fourth-order valence-electron chi connectivity index (χ4n) is 1.83. The number of aromatic nitrogens is 4. The third kappa shape index (κ3) is 2.15. The highest BCUT2D eigenvalue weighted by Gasteiger charge is 2.12. The molecule has 2 heterocycles. The van der Waals surface area contributed by atoms with Crippen LogP contribution >= 0.6 is 11.6 Å². The van der Waals surface area contributed by atoms with Gasteiger partial charge in [0, 0.05) is 11.8 Å². The van der Waals surface area contributed by atoms with Gasteiger partial charge in [0.2, 0.25) is 0 Å². The molecule has 0 aliphatic carbocycles. The molecule has 0 bridgehead atoms. The Labute approximate surface area is 114 Å². The maximum atomic E-state index is 5.96. The minimum Gasteiger partial charge on any atom is -0.383 e. The zero-order valence-corrected chi connectivity index (χ0v) is 10.6. The van der Waals surface area contributed by atoms with Gasteiger partial charge in [-0.15, -0.1) is 5.10 Å². The van der Waals surface area contributed by atoms with E-state index in [1.54, 1.807) is 16.9 Å². The zero-order valence-electron chi connectivity index (χ0n) is 9.86.